The number of amides is 2. The Kier molecular flexibility index (Phi) is 10.5. The Morgan fingerprint density at radius 2 is 1.63 bits per heavy atom. The van der Waals surface area contributed by atoms with Crippen molar-refractivity contribution in [3.63, 3.8) is 0 Å². The predicted molar refractivity (Wildman–Crippen MR) is 166 cm³/mol. The summed E-state index contributed by atoms with van der Waals surface area (Å²) in [6, 6.07) is 21.2. The maximum absolute atomic E-state index is 14.2. The first kappa shape index (κ1) is 31.7. The first-order valence-electron chi connectivity index (χ1n) is 14.4. The summed E-state index contributed by atoms with van der Waals surface area (Å²) in [7, 11) is -4.03. The maximum atomic E-state index is 14.2. The lowest BCUT2D eigenvalue weighted by Crippen LogP contribution is -2.55. The Balaban J connectivity index is 1.73. The molecule has 11 heteroatoms. The molecule has 0 saturated heterocycles. The van der Waals surface area contributed by atoms with Gasteiger partial charge in [0.05, 0.1) is 16.9 Å². The highest BCUT2D eigenvalue weighted by Gasteiger charge is 2.34. The fourth-order valence-electron chi connectivity index (χ4n) is 5.36. The number of nitro groups is 1. The van der Waals surface area contributed by atoms with Gasteiger partial charge >= 0.3 is 0 Å². The molecule has 1 aliphatic rings. The number of hydrogen-bond acceptors (Lipinski definition) is 6. The largest absolute Gasteiger partial charge is 0.352 e. The third kappa shape index (κ3) is 8.87. The van der Waals surface area contributed by atoms with Crippen LogP contribution in [0.4, 0.5) is 11.4 Å². The number of non-ortho nitro benzene ring substituents is 1. The second-order valence-electron chi connectivity index (χ2n) is 11.1. The Morgan fingerprint density at radius 1 is 0.953 bits per heavy atom. The van der Waals surface area contributed by atoms with Crippen LogP contribution in [-0.4, -0.2) is 54.9 Å². The number of aryl methyl sites for hydroxylation is 1. The topological polar surface area (TPSA) is 130 Å². The van der Waals surface area contributed by atoms with Gasteiger partial charge in [-0.05, 0) is 37.0 Å². The van der Waals surface area contributed by atoms with Crippen molar-refractivity contribution in [1.82, 2.24) is 10.2 Å². The summed E-state index contributed by atoms with van der Waals surface area (Å²) < 4.78 is 26.7. The first-order chi connectivity index (χ1) is 20.5. The number of nitro benzene ring substituents is 1. The van der Waals surface area contributed by atoms with Crippen LogP contribution in [0.15, 0.2) is 78.9 Å². The van der Waals surface area contributed by atoms with E-state index in [0.29, 0.717) is 0 Å². The summed E-state index contributed by atoms with van der Waals surface area (Å²) in [5.74, 6) is -0.894. The van der Waals surface area contributed by atoms with Crippen LogP contribution in [0.3, 0.4) is 0 Å². The number of carbonyl (C=O) groups is 2. The van der Waals surface area contributed by atoms with Gasteiger partial charge in [0.25, 0.3) is 5.69 Å². The molecule has 1 saturated carbocycles. The van der Waals surface area contributed by atoms with Crippen LogP contribution in [0, 0.1) is 17.0 Å². The van der Waals surface area contributed by atoms with Crippen molar-refractivity contribution < 1.29 is 22.9 Å². The molecular weight excluding hydrogens is 568 g/mol. The quantitative estimate of drug-likeness (QED) is 0.234. The molecule has 1 N–H and O–H groups in total. The molecule has 0 aromatic heterocycles. The summed E-state index contributed by atoms with van der Waals surface area (Å²) in [6.07, 6.45) is 6.07. The molecule has 0 bridgehead atoms. The predicted octanol–water partition coefficient (Wildman–Crippen LogP) is 4.76. The average molecular weight is 607 g/mol. The number of nitrogens with zero attached hydrogens (tertiary/aromatic N) is 3. The van der Waals surface area contributed by atoms with Crippen molar-refractivity contribution >= 4 is 33.2 Å². The molecule has 3 aromatic rings. The second kappa shape index (κ2) is 14.3. The molecule has 228 valence electrons. The van der Waals surface area contributed by atoms with Crippen molar-refractivity contribution in [1.29, 1.82) is 0 Å². The van der Waals surface area contributed by atoms with Gasteiger partial charge in [-0.3, -0.25) is 24.0 Å². The van der Waals surface area contributed by atoms with E-state index in [2.05, 4.69) is 5.32 Å². The molecular formula is C32H38N4O6S. The van der Waals surface area contributed by atoms with Crippen molar-refractivity contribution in [2.75, 3.05) is 17.1 Å². The lowest BCUT2D eigenvalue weighted by Gasteiger charge is -2.35. The van der Waals surface area contributed by atoms with Gasteiger partial charge in [-0.1, -0.05) is 85.5 Å². The van der Waals surface area contributed by atoms with Crippen molar-refractivity contribution in [2.45, 2.75) is 64.1 Å². The number of nitrogens with one attached hydrogen (secondary N) is 1. The average Bonchev–Trinajstić information content (AvgIpc) is 2.99. The van der Waals surface area contributed by atoms with E-state index in [0.717, 1.165) is 65.4 Å². The van der Waals surface area contributed by atoms with E-state index >= 15 is 0 Å². The molecule has 0 radical (unpaired) electrons. The minimum atomic E-state index is -4.03. The Bertz CT molecular complexity index is 1520. The number of carbonyl (C=O) groups excluding carboxylic acids is 2. The maximum Gasteiger partial charge on any atom is 0.271 e. The first-order valence-corrected chi connectivity index (χ1v) is 16.3. The van der Waals surface area contributed by atoms with E-state index in [4.69, 9.17) is 0 Å². The highest BCUT2D eigenvalue weighted by atomic mass is 32.2. The third-order valence-corrected chi connectivity index (χ3v) is 8.84. The van der Waals surface area contributed by atoms with Crippen LogP contribution < -0.4 is 9.62 Å². The van der Waals surface area contributed by atoms with Gasteiger partial charge in [-0.2, -0.15) is 0 Å². The lowest BCUT2D eigenvalue weighted by atomic mass is 9.94. The Morgan fingerprint density at radius 3 is 2.26 bits per heavy atom. The monoisotopic (exact) mass is 606 g/mol. The van der Waals surface area contributed by atoms with Gasteiger partial charge in [-0.25, -0.2) is 8.42 Å². The van der Waals surface area contributed by atoms with Crippen molar-refractivity contribution in [2.24, 2.45) is 0 Å². The van der Waals surface area contributed by atoms with Gasteiger partial charge in [0, 0.05) is 31.1 Å². The van der Waals surface area contributed by atoms with Crippen molar-refractivity contribution in [3.8, 4) is 0 Å². The normalized spacial score (nSPS) is 14.5. The van der Waals surface area contributed by atoms with Crippen LogP contribution in [0.1, 0.15) is 48.8 Å². The van der Waals surface area contributed by atoms with E-state index < -0.39 is 33.4 Å². The standard InChI is InChI=1S/C32H38N4O6S/c1-24-16-18-26(19-17-24)22-34(31(37)23-35(43(2,41)42)28-14-9-15-29(21-28)36(39)40)30(20-25-10-5-3-6-11-25)32(38)33-27-12-7-4-8-13-27/h3,5-6,9-11,14-19,21,27,30H,4,7-8,12-13,20,22-23H2,1-2H3,(H,33,38)/t30-/m0/s1. The summed E-state index contributed by atoms with van der Waals surface area (Å²) in [4.78, 5) is 40.4. The fourth-order valence-corrected chi connectivity index (χ4v) is 6.21. The number of rotatable bonds is 12. The molecule has 1 atom stereocenters. The second-order valence-corrected chi connectivity index (χ2v) is 13.0. The summed E-state index contributed by atoms with van der Waals surface area (Å²) in [6.45, 7) is 1.39. The highest BCUT2D eigenvalue weighted by Crippen LogP contribution is 2.25. The zero-order valence-corrected chi connectivity index (χ0v) is 25.3. The number of sulfonamides is 1. The van der Waals surface area contributed by atoms with Crippen LogP contribution in [0.2, 0.25) is 0 Å². The minimum Gasteiger partial charge on any atom is -0.352 e. The SMILES string of the molecule is Cc1ccc(CN(C(=O)CN(c2cccc([N+](=O)[O-])c2)S(C)(=O)=O)[C@@H](Cc2ccccc2)C(=O)NC2CCCCC2)cc1. The van der Waals surface area contributed by atoms with Crippen LogP contribution >= 0.6 is 0 Å². The van der Waals surface area contributed by atoms with E-state index in [-0.39, 0.29) is 36.3 Å². The summed E-state index contributed by atoms with van der Waals surface area (Å²) >= 11 is 0. The van der Waals surface area contributed by atoms with Crippen LogP contribution in [-0.2, 0) is 32.6 Å². The molecule has 10 nitrogen and oxygen atoms in total. The van der Waals surface area contributed by atoms with Gasteiger partial charge in [0.2, 0.25) is 21.8 Å². The molecule has 3 aromatic carbocycles. The van der Waals surface area contributed by atoms with E-state index in [1.165, 1.54) is 23.1 Å². The molecule has 43 heavy (non-hydrogen) atoms. The lowest BCUT2D eigenvalue weighted by molar-refractivity contribution is -0.384. The van der Waals surface area contributed by atoms with Crippen molar-refractivity contribution in [3.05, 3.63) is 106 Å². The van der Waals surface area contributed by atoms with Gasteiger partial charge in [0.15, 0.2) is 0 Å². The fraction of sp³-hybridized carbons (Fsp3) is 0.375. The smallest absolute Gasteiger partial charge is 0.271 e. The number of hydrogen-bond donors (Lipinski definition) is 1. The Labute approximate surface area is 252 Å². The molecule has 0 spiro atoms. The number of anilines is 1. The van der Waals surface area contributed by atoms with Gasteiger partial charge < -0.3 is 10.2 Å². The summed E-state index contributed by atoms with van der Waals surface area (Å²) in [5.41, 5.74) is 2.36. The molecule has 1 aliphatic carbocycles. The molecule has 0 heterocycles. The Hall–Kier alpha value is -4.25. The molecule has 1 fully saturated rings. The van der Waals surface area contributed by atoms with E-state index in [9.17, 15) is 28.1 Å². The molecule has 0 unspecified atom stereocenters. The highest BCUT2D eigenvalue weighted by molar-refractivity contribution is 7.92. The third-order valence-electron chi connectivity index (χ3n) is 7.70. The van der Waals surface area contributed by atoms with Crippen LogP contribution in [0.25, 0.3) is 0 Å². The molecule has 2 amide bonds. The van der Waals surface area contributed by atoms with Crippen LogP contribution in [0.5, 0.6) is 0 Å². The van der Waals surface area contributed by atoms with E-state index in [1.54, 1.807) is 0 Å². The van der Waals surface area contributed by atoms with Gasteiger partial charge in [0.1, 0.15) is 12.6 Å². The molecule has 0 aliphatic heterocycles. The van der Waals surface area contributed by atoms with E-state index in [1.807, 2.05) is 61.5 Å². The van der Waals surface area contributed by atoms with Gasteiger partial charge in [-0.15, -0.1) is 0 Å². The summed E-state index contributed by atoms with van der Waals surface area (Å²) in [5, 5.41) is 14.6. The molecule has 4 rings (SSSR count). The zero-order valence-electron chi connectivity index (χ0n) is 24.5. The minimum absolute atomic E-state index is 0.00763. The number of benzene rings is 3. The zero-order chi connectivity index (χ0) is 31.0.